The van der Waals surface area contributed by atoms with E-state index in [1.54, 1.807) is 12.2 Å². The number of pyridine rings is 1. The van der Waals surface area contributed by atoms with Gasteiger partial charge in [0.15, 0.2) is 6.20 Å². The molecule has 0 bridgehead atoms. The van der Waals surface area contributed by atoms with Crippen molar-refractivity contribution in [2.75, 3.05) is 0 Å². The number of hydrogen-bond donors (Lipinski definition) is 1. The quantitative estimate of drug-likeness (QED) is 0.627. The van der Waals surface area contributed by atoms with Crippen LogP contribution in [0.25, 0.3) is 16.8 Å². The molecule has 3 rings (SSSR count). The molecule has 25 heavy (non-hydrogen) atoms. The number of aryl methyl sites for hydroxylation is 1. The summed E-state index contributed by atoms with van der Waals surface area (Å²) in [6, 6.07) is 2.00. The Morgan fingerprint density at radius 2 is 2.08 bits per heavy atom. The van der Waals surface area contributed by atoms with Crippen LogP contribution in [0.2, 0.25) is 0 Å². The number of carbonyl (C=O) groups is 2. The van der Waals surface area contributed by atoms with Crippen molar-refractivity contribution < 1.29 is 32.4 Å². The molecular weight excluding hydrogens is 339 g/mol. The van der Waals surface area contributed by atoms with E-state index in [1.165, 1.54) is 0 Å². The molecule has 6 nitrogen and oxygen atoms in total. The number of carbonyl (C=O) groups excluding carboxylic acids is 2. The van der Waals surface area contributed by atoms with Crippen LogP contribution in [-0.4, -0.2) is 22.5 Å². The first-order valence-electron chi connectivity index (χ1n) is 7.00. The van der Waals surface area contributed by atoms with Crippen LogP contribution in [-0.2, 0) is 18.4 Å². The van der Waals surface area contributed by atoms with Gasteiger partial charge in [-0.15, -0.1) is 6.58 Å². The summed E-state index contributed by atoms with van der Waals surface area (Å²) in [6.45, 7) is 4.32. The Hall–Kier alpha value is -3.10. The SMILES string of the molecule is C=CCn1cc2cc[n+](C)c3c2c1C(=O)C(N)=C3.O=C([O-])C(F)(F)F. The normalized spacial score (nSPS) is 13.1. The van der Waals surface area contributed by atoms with Crippen LogP contribution in [0.3, 0.4) is 0 Å². The molecule has 0 aromatic carbocycles. The van der Waals surface area contributed by atoms with Gasteiger partial charge in [-0.05, 0) is 0 Å². The molecule has 0 radical (unpaired) electrons. The first-order valence-corrected chi connectivity index (χ1v) is 7.00. The van der Waals surface area contributed by atoms with Crippen molar-refractivity contribution in [3.05, 3.63) is 48.2 Å². The average molecular weight is 353 g/mol. The Labute approximate surface area is 140 Å². The van der Waals surface area contributed by atoms with E-state index in [9.17, 15) is 18.0 Å². The minimum Gasteiger partial charge on any atom is -0.542 e. The summed E-state index contributed by atoms with van der Waals surface area (Å²) in [4.78, 5) is 21.0. The molecular formula is C16H14F3N3O3. The van der Waals surface area contributed by atoms with Crippen LogP contribution < -0.4 is 15.4 Å². The molecule has 2 aromatic rings. The van der Waals surface area contributed by atoms with Crippen molar-refractivity contribution in [3.63, 3.8) is 0 Å². The summed E-state index contributed by atoms with van der Waals surface area (Å²) in [5.41, 5.74) is 7.74. The van der Waals surface area contributed by atoms with Gasteiger partial charge >= 0.3 is 6.18 Å². The van der Waals surface area contributed by atoms with Gasteiger partial charge in [-0.1, -0.05) is 6.08 Å². The Balaban J connectivity index is 0.000000277. The third-order valence-electron chi connectivity index (χ3n) is 3.55. The van der Waals surface area contributed by atoms with Crippen molar-refractivity contribution >= 4 is 28.6 Å². The molecule has 0 amide bonds. The lowest BCUT2D eigenvalue weighted by atomic mass is 10.0. The third-order valence-corrected chi connectivity index (χ3v) is 3.55. The van der Waals surface area contributed by atoms with Gasteiger partial charge in [0.05, 0.1) is 11.1 Å². The highest BCUT2D eigenvalue weighted by Crippen LogP contribution is 2.29. The predicted octanol–water partition coefficient (Wildman–Crippen LogP) is 0.446. The van der Waals surface area contributed by atoms with E-state index < -0.39 is 12.1 Å². The van der Waals surface area contributed by atoms with Crippen molar-refractivity contribution in [2.24, 2.45) is 12.8 Å². The van der Waals surface area contributed by atoms with E-state index in [4.69, 9.17) is 15.6 Å². The van der Waals surface area contributed by atoms with E-state index in [2.05, 4.69) is 6.58 Å². The Kier molecular flexibility index (Phi) is 4.69. The number of carboxylic acids is 1. The number of rotatable bonds is 2. The largest absolute Gasteiger partial charge is 0.542 e. The lowest BCUT2D eigenvalue weighted by Gasteiger charge is -2.10. The summed E-state index contributed by atoms with van der Waals surface area (Å²) in [5.74, 6) is -3.11. The van der Waals surface area contributed by atoms with Crippen LogP contribution in [0.4, 0.5) is 13.2 Å². The van der Waals surface area contributed by atoms with Crippen LogP contribution in [0.15, 0.2) is 36.8 Å². The number of nitrogens with zero attached hydrogens (tertiary/aromatic N) is 2. The number of Topliss-reactive ketones (excluding diaryl/α,β-unsaturated/α-hetero) is 1. The zero-order valence-electron chi connectivity index (χ0n) is 13.1. The molecule has 2 aromatic heterocycles. The molecule has 1 aliphatic carbocycles. The van der Waals surface area contributed by atoms with Gasteiger partial charge in [0.2, 0.25) is 11.5 Å². The van der Waals surface area contributed by atoms with E-state index in [0.717, 1.165) is 16.5 Å². The second kappa shape index (κ2) is 6.42. The minimum absolute atomic E-state index is 0.106. The highest BCUT2D eigenvalue weighted by atomic mass is 19.4. The molecule has 0 atom stereocenters. The van der Waals surface area contributed by atoms with Crippen molar-refractivity contribution in [1.29, 1.82) is 0 Å². The fourth-order valence-electron chi connectivity index (χ4n) is 2.47. The highest BCUT2D eigenvalue weighted by molar-refractivity contribution is 6.21. The lowest BCUT2D eigenvalue weighted by Crippen LogP contribution is -2.37. The summed E-state index contributed by atoms with van der Waals surface area (Å²) in [5, 5.41) is 10.8. The van der Waals surface area contributed by atoms with Gasteiger partial charge in [-0.25, -0.2) is 4.57 Å². The van der Waals surface area contributed by atoms with Crippen molar-refractivity contribution in [3.8, 4) is 0 Å². The van der Waals surface area contributed by atoms with Crippen LogP contribution >= 0.6 is 0 Å². The van der Waals surface area contributed by atoms with E-state index in [1.807, 2.05) is 34.6 Å². The number of alkyl halides is 3. The molecule has 9 heteroatoms. The average Bonchev–Trinajstić information content (AvgIpc) is 2.87. The standard InChI is InChI=1S/C14H13N3O.C2HF3O2/c1-3-5-17-8-9-4-6-16(2)11-7-10(15)14(18)13(17)12(9)11;3-2(4,5)1(6)7/h3-4,6-8,15H,1,5H2,2H3;(H,6,7). The smallest absolute Gasteiger partial charge is 0.430 e. The number of allylic oxidation sites excluding steroid dienone is 2. The molecule has 0 saturated heterocycles. The maximum absolute atomic E-state index is 12.2. The van der Waals surface area contributed by atoms with Gasteiger partial charge in [0.1, 0.15) is 18.7 Å². The number of carboxylic acid groups (broad SMARTS) is 1. The number of nitrogens with two attached hydrogens (primary N) is 1. The Morgan fingerprint density at radius 3 is 2.60 bits per heavy atom. The summed E-state index contributed by atoms with van der Waals surface area (Å²) < 4.78 is 35.4. The Morgan fingerprint density at radius 1 is 1.48 bits per heavy atom. The van der Waals surface area contributed by atoms with Crippen molar-refractivity contribution in [2.45, 2.75) is 12.7 Å². The van der Waals surface area contributed by atoms with Gasteiger partial charge in [0.25, 0.3) is 0 Å². The number of aromatic nitrogens is 2. The van der Waals surface area contributed by atoms with Crippen LogP contribution in [0.1, 0.15) is 16.2 Å². The first kappa shape index (κ1) is 18.2. The maximum atomic E-state index is 12.2. The first-order chi connectivity index (χ1) is 11.6. The van der Waals surface area contributed by atoms with Gasteiger partial charge < -0.3 is 20.2 Å². The fraction of sp³-hybridized carbons (Fsp3) is 0.188. The summed E-state index contributed by atoms with van der Waals surface area (Å²) in [6.07, 6.45) is 2.27. The van der Waals surface area contributed by atoms with Gasteiger partial charge in [-0.2, -0.15) is 13.2 Å². The second-order valence-corrected chi connectivity index (χ2v) is 5.27. The van der Waals surface area contributed by atoms with Crippen LogP contribution in [0.5, 0.6) is 0 Å². The summed E-state index contributed by atoms with van der Waals surface area (Å²) in [7, 11) is 1.95. The second-order valence-electron chi connectivity index (χ2n) is 5.27. The predicted molar refractivity (Wildman–Crippen MR) is 80.9 cm³/mol. The van der Waals surface area contributed by atoms with E-state index in [-0.39, 0.29) is 11.5 Å². The number of hydrogen-bond acceptors (Lipinski definition) is 4. The molecule has 132 valence electrons. The van der Waals surface area contributed by atoms with Gasteiger partial charge in [-0.3, -0.25) is 4.79 Å². The van der Waals surface area contributed by atoms with Crippen LogP contribution in [0, 0.1) is 0 Å². The number of aliphatic carboxylic acids is 1. The molecule has 0 fully saturated rings. The maximum Gasteiger partial charge on any atom is 0.430 e. The molecule has 0 aliphatic heterocycles. The molecule has 0 unspecified atom stereocenters. The number of halogens is 3. The molecule has 2 N–H and O–H groups in total. The lowest BCUT2D eigenvalue weighted by molar-refractivity contribution is -0.671. The Bertz CT molecular complexity index is 911. The highest BCUT2D eigenvalue weighted by Gasteiger charge is 2.29. The third kappa shape index (κ3) is 3.39. The zero-order chi connectivity index (χ0) is 18.9. The van der Waals surface area contributed by atoms with Gasteiger partial charge in [0, 0.05) is 30.3 Å². The molecule has 2 heterocycles. The topological polar surface area (TPSA) is 92.0 Å². The zero-order valence-corrected chi connectivity index (χ0v) is 13.1. The monoisotopic (exact) mass is 353 g/mol. The fourth-order valence-corrected chi connectivity index (χ4v) is 2.47. The van der Waals surface area contributed by atoms with E-state index >= 15 is 0 Å². The molecule has 0 spiro atoms. The van der Waals surface area contributed by atoms with Crippen molar-refractivity contribution in [1.82, 2.24) is 4.57 Å². The van der Waals surface area contributed by atoms with E-state index in [0.29, 0.717) is 12.2 Å². The molecule has 0 saturated carbocycles. The summed E-state index contributed by atoms with van der Waals surface area (Å²) >= 11 is 0. The molecule has 1 aliphatic rings. The minimum atomic E-state index is -5.19. The number of ketones is 1.